The Bertz CT molecular complexity index is 1020. The second-order valence-electron chi connectivity index (χ2n) is 7.20. The van der Waals surface area contributed by atoms with Crippen LogP contribution in [0.25, 0.3) is 0 Å². The molecular weight excluding hydrogens is 412 g/mol. The fourth-order valence-corrected chi connectivity index (χ4v) is 4.80. The van der Waals surface area contributed by atoms with Crippen molar-refractivity contribution in [3.8, 4) is 0 Å². The number of halogens is 1. The highest BCUT2D eigenvalue weighted by Crippen LogP contribution is 2.25. The van der Waals surface area contributed by atoms with Crippen molar-refractivity contribution < 1.29 is 17.9 Å². The van der Waals surface area contributed by atoms with Crippen molar-refractivity contribution in [1.82, 2.24) is 9.62 Å². The van der Waals surface area contributed by atoms with Gasteiger partial charge in [-0.1, -0.05) is 29.8 Å². The lowest BCUT2D eigenvalue weighted by Crippen LogP contribution is -2.40. The Morgan fingerprint density at radius 3 is 2.45 bits per heavy atom. The molecule has 8 heteroatoms. The normalized spacial score (nSPS) is 16.4. The van der Waals surface area contributed by atoms with Crippen LogP contribution in [0, 0.1) is 13.8 Å². The number of carbonyl (C=O) groups is 1. The van der Waals surface area contributed by atoms with Gasteiger partial charge in [-0.25, -0.2) is 8.42 Å². The SMILES string of the molecule is Cc1ccc([C@@H](C)NC(=O)c2cc(S(=O)(=O)N3CCOCC3)ccc2Cl)cc1C. The van der Waals surface area contributed by atoms with Crippen LogP contribution in [-0.4, -0.2) is 44.9 Å². The predicted molar refractivity (Wildman–Crippen MR) is 113 cm³/mol. The Kier molecular flexibility index (Phi) is 6.63. The summed E-state index contributed by atoms with van der Waals surface area (Å²) in [4.78, 5) is 12.9. The number of hydrogen-bond acceptors (Lipinski definition) is 4. The molecule has 0 aromatic heterocycles. The van der Waals surface area contributed by atoms with E-state index in [4.69, 9.17) is 16.3 Å². The third-order valence-electron chi connectivity index (χ3n) is 5.17. The quantitative estimate of drug-likeness (QED) is 0.778. The van der Waals surface area contributed by atoms with Crippen LogP contribution < -0.4 is 5.32 Å². The van der Waals surface area contributed by atoms with Gasteiger partial charge < -0.3 is 10.1 Å². The number of sulfonamides is 1. The number of nitrogens with one attached hydrogen (secondary N) is 1. The van der Waals surface area contributed by atoms with E-state index >= 15 is 0 Å². The number of hydrogen-bond donors (Lipinski definition) is 1. The molecular formula is C21H25ClN2O4S. The Hall–Kier alpha value is -1.93. The van der Waals surface area contributed by atoms with E-state index in [0.717, 1.165) is 11.1 Å². The van der Waals surface area contributed by atoms with Crippen LogP contribution in [0.15, 0.2) is 41.3 Å². The summed E-state index contributed by atoms with van der Waals surface area (Å²) in [5, 5.41) is 3.11. The highest BCUT2D eigenvalue weighted by molar-refractivity contribution is 7.89. The second-order valence-corrected chi connectivity index (χ2v) is 9.54. The Balaban J connectivity index is 1.83. The van der Waals surface area contributed by atoms with Gasteiger partial charge >= 0.3 is 0 Å². The second kappa shape index (κ2) is 8.83. The van der Waals surface area contributed by atoms with Gasteiger partial charge in [0.15, 0.2) is 0 Å². The zero-order chi connectivity index (χ0) is 21.2. The Morgan fingerprint density at radius 2 is 1.79 bits per heavy atom. The summed E-state index contributed by atoms with van der Waals surface area (Å²) in [6.07, 6.45) is 0. The molecule has 1 amide bonds. The van der Waals surface area contributed by atoms with Gasteiger partial charge in [0.25, 0.3) is 5.91 Å². The number of morpholine rings is 1. The third-order valence-corrected chi connectivity index (χ3v) is 7.39. The maximum atomic E-state index is 12.9. The summed E-state index contributed by atoms with van der Waals surface area (Å²) in [7, 11) is -3.71. The molecule has 1 heterocycles. The van der Waals surface area contributed by atoms with E-state index in [2.05, 4.69) is 5.32 Å². The van der Waals surface area contributed by atoms with Crippen molar-refractivity contribution in [1.29, 1.82) is 0 Å². The minimum Gasteiger partial charge on any atom is -0.379 e. The highest BCUT2D eigenvalue weighted by atomic mass is 35.5. The molecule has 2 aromatic rings. The fourth-order valence-electron chi connectivity index (χ4n) is 3.17. The van der Waals surface area contributed by atoms with E-state index in [0.29, 0.717) is 13.2 Å². The van der Waals surface area contributed by atoms with Gasteiger partial charge in [-0.2, -0.15) is 4.31 Å². The van der Waals surface area contributed by atoms with Crippen molar-refractivity contribution >= 4 is 27.5 Å². The Morgan fingerprint density at radius 1 is 1.10 bits per heavy atom. The summed E-state index contributed by atoms with van der Waals surface area (Å²) in [5.41, 5.74) is 3.42. The molecule has 1 saturated heterocycles. The van der Waals surface area contributed by atoms with E-state index in [9.17, 15) is 13.2 Å². The van der Waals surface area contributed by atoms with E-state index in [1.807, 2.05) is 39.0 Å². The minimum absolute atomic E-state index is 0.0489. The van der Waals surface area contributed by atoms with Crippen molar-refractivity contribution in [3.63, 3.8) is 0 Å². The molecule has 1 aliphatic heterocycles. The maximum Gasteiger partial charge on any atom is 0.253 e. The zero-order valence-electron chi connectivity index (χ0n) is 16.7. The summed E-state index contributed by atoms with van der Waals surface area (Å²) in [6, 6.07) is 9.97. The molecule has 0 radical (unpaired) electrons. The first-order valence-corrected chi connectivity index (χ1v) is 11.3. The minimum atomic E-state index is -3.71. The van der Waals surface area contributed by atoms with Gasteiger partial charge in [0.2, 0.25) is 10.0 Å². The van der Waals surface area contributed by atoms with Crippen LogP contribution >= 0.6 is 11.6 Å². The lowest BCUT2D eigenvalue weighted by atomic mass is 10.0. The van der Waals surface area contributed by atoms with Gasteiger partial charge in [-0.3, -0.25) is 4.79 Å². The average Bonchev–Trinajstić information content (AvgIpc) is 2.70. The van der Waals surface area contributed by atoms with Crippen molar-refractivity contribution in [2.45, 2.75) is 31.7 Å². The van der Waals surface area contributed by atoms with Crippen LogP contribution in [0.4, 0.5) is 0 Å². The number of carbonyl (C=O) groups excluding carboxylic acids is 1. The molecule has 0 spiro atoms. The first kappa shape index (κ1) is 21.8. The van der Waals surface area contributed by atoms with E-state index in [-0.39, 0.29) is 34.6 Å². The largest absolute Gasteiger partial charge is 0.379 e. The van der Waals surface area contributed by atoms with Crippen molar-refractivity contribution in [3.05, 3.63) is 63.7 Å². The molecule has 29 heavy (non-hydrogen) atoms. The predicted octanol–water partition coefficient (Wildman–Crippen LogP) is 3.47. The highest BCUT2D eigenvalue weighted by Gasteiger charge is 2.28. The molecule has 0 aliphatic carbocycles. The summed E-state index contributed by atoms with van der Waals surface area (Å²) >= 11 is 6.21. The number of ether oxygens (including phenoxy) is 1. The number of amides is 1. The molecule has 156 valence electrons. The topological polar surface area (TPSA) is 75.7 Å². The number of aryl methyl sites for hydroxylation is 2. The monoisotopic (exact) mass is 436 g/mol. The van der Waals surface area contributed by atoms with E-state index in [1.54, 1.807) is 0 Å². The molecule has 6 nitrogen and oxygen atoms in total. The summed E-state index contributed by atoms with van der Waals surface area (Å²) < 4.78 is 32.3. The number of nitrogens with zero attached hydrogens (tertiary/aromatic N) is 1. The van der Waals surface area contributed by atoms with Crippen LogP contribution in [0.2, 0.25) is 5.02 Å². The molecule has 0 saturated carbocycles. The molecule has 1 atom stereocenters. The van der Waals surface area contributed by atoms with E-state index < -0.39 is 15.9 Å². The molecule has 1 N–H and O–H groups in total. The lowest BCUT2D eigenvalue weighted by Gasteiger charge is -2.26. The fraction of sp³-hybridized carbons (Fsp3) is 0.381. The van der Waals surface area contributed by atoms with Crippen LogP contribution in [0.3, 0.4) is 0 Å². The molecule has 0 bridgehead atoms. The zero-order valence-corrected chi connectivity index (χ0v) is 18.3. The van der Waals surface area contributed by atoms with Gasteiger partial charge in [0, 0.05) is 13.1 Å². The average molecular weight is 437 g/mol. The van der Waals surface area contributed by atoms with Crippen LogP contribution in [0.5, 0.6) is 0 Å². The van der Waals surface area contributed by atoms with Crippen molar-refractivity contribution in [2.75, 3.05) is 26.3 Å². The molecule has 0 unspecified atom stereocenters. The van der Waals surface area contributed by atoms with Gasteiger partial charge in [-0.15, -0.1) is 0 Å². The first-order valence-electron chi connectivity index (χ1n) is 9.45. The summed E-state index contributed by atoms with van der Waals surface area (Å²) in [6.45, 7) is 7.21. The smallest absolute Gasteiger partial charge is 0.253 e. The Labute approximate surface area is 176 Å². The lowest BCUT2D eigenvalue weighted by molar-refractivity contribution is 0.0730. The molecule has 2 aromatic carbocycles. The van der Waals surface area contributed by atoms with Crippen LogP contribution in [-0.2, 0) is 14.8 Å². The number of benzene rings is 2. The number of rotatable bonds is 5. The van der Waals surface area contributed by atoms with Gasteiger partial charge in [0.1, 0.15) is 0 Å². The summed E-state index contributed by atoms with van der Waals surface area (Å²) in [5.74, 6) is -0.417. The van der Waals surface area contributed by atoms with Gasteiger partial charge in [0.05, 0.1) is 34.7 Å². The maximum absolute atomic E-state index is 12.9. The molecule has 1 aliphatic rings. The third kappa shape index (κ3) is 4.80. The van der Waals surface area contributed by atoms with Crippen LogP contribution in [0.1, 0.15) is 40.0 Å². The van der Waals surface area contributed by atoms with E-state index in [1.165, 1.54) is 28.1 Å². The first-order chi connectivity index (χ1) is 13.7. The standard InChI is InChI=1S/C21H25ClN2O4S/c1-14-4-5-17(12-15(14)2)16(3)23-21(25)19-13-18(6-7-20(19)22)29(26,27)24-8-10-28-11-9-24/h4-7,12-13,16H,8-11H2,1-3H3,(H,23,25)/t16-/m1/s1. The molecule has 3 rings (SSSR count). The molecule has 1 fully saturated rings. The van der Waals surface area contributed by atoms with Gasteiger partial charge in [-0.05, 0) is 55.7 Å². The van der Waals surface area contributed by atoms with Crippen molar-refractivity contribution in [2.24, 2.45) is 0 Å².